The first kappa shape index (κ1) is 9.75. The predicted molar refractivity (Wildman–Crippen MR) is 48.8 cm³/mol. The number of rotatable bonds is 1. The summed E-state index contributed by atoms with van der Waals surface area (Å²) in [5.74, 6) is -0.550. The van der Waals surface area contributed by atoms with Crippen molar-refractivity contribution in [1.29, 1.82) is 0 Å². The summed E-state index contributed by atoms with van der Waals surface area (Å²) in [6, 6.07) is 4.00. The van der Waals surface area contributed by atoms with Crippen molar-refractivity contribution >= 4 is 11.6 Å². The Morgan fingerprint density at radius 2 is 2.27 bits per heavy atom. The van der Waals surface area contributed by atoms with Gasteiger partial charge in [0.25, 0.3) is 6.29 Å². The molecule has 1 aromatic carbocycles. The standard InChI is InChI=1S/C9H9NO5/c1-14-9-8(12)10(13)6-3-2-5(11)4-7(6)15-9/h2-4,9,11,13H,1H3. The summed E-state index contributed by atoms with van der Waals surface area (Å²) < 4.78 is 9.83. The SMILES string of the molecule is COC1Oc2cc(O)ccc2N(O)C1=O. The smallest absolute Gasteiger partial charge is 0.320 e. The van der Waals surface area contributed by atoms with Gasteiger partial charge in [0, 0.05) is 13.2 Å². The summed E-state index contributed by atoms with van der Waals surface area (Å²) in [4.78, 5) is 11.4. The number of anilines is 1. The molecule has 1 amide bonds. The lowest BCUT2D eigenvalue weighted by Crippen LogP contribution is -2.45. The first-order valence-electron chi connectivity index (χ1n) is 4.19. The quantitative estimate of drug-likeness (QED) is 0.660. The summed E-state index contributed by atoms with van der Waals surface area (Å²) in [7, 11) is 1.28. The topological polar surface area (TPSA) is 79.2 Å². The molecule has 1 heterocycles. The van der Waals surface area contributed by atoms with Crippen LogP contribution in [-0.4, -0.2) is 29.6 Å². The Balaban J connectivity index is 2.45. The minimum absolute atomic E-state index is 0.0219. The molecule has 2 N–H and O–H groups in total. The van der Waals surface area contributed by atoms with Gasteiger partial charge in [0.05, 0.1) is 0 Å². The van der Waals surface area contributed by atoms with Gasteiger partial charge in [0.15, 0.2) is 5.75 Å². The van der Waals surface area contributed by atoms with Gasteiger partial charge in [-0.15, -0.1) is 0 Å². The predicted octanol–water partition coefficient (Wildman–Crippen LogP) is 0.479. The Labute approximate surface area is 85.2 Å². The largest absolute Gasteiger partial charge is 0.508 e. The molecule has 0 radical (unpaired) electrons. The second-order valence-corrected chi connectivity index (χ2v) is 2.99. The second kappa shape index (κ2) is 3.41. The molecule has 0 bridgehead atoms. The van der Waals surface area contributed by atoms with Crippen LogP contribution in [0.1, 0.15) is 0 Å². The Morgan fingerprint density at radius 3 is 2.93 bits per heavy atom. The molecule has 1 aromatic rings. The van der Waals surface area contributed by atoms with Gasteiger partial charge in [0.2, 0.25) is 0 Å². The van der Waals surface area contributed by atoms with E-state index in [9.17, 15) is 15.1 Å². The van der Waals surface area contributed by atoms with Crippen LogP contribution in [-0.2, 0) is 9.53 Å². The average Bonchev–Trinajstić information content (AvgIpc) is 2.23. The Kier molecular flexibility index (Phi) is 2.22. The highest BCUT2D eigenvalue weighted by Gasteiger charge is 2.34. The van der Waals surface area contributed by atoms with Crippen molar-refractivity contribution < 1.29 is 24.6 Å². The van der Waals surface area contributed by atoms with Crippen LogP contribution in [0.15, 0.2) is 18.2 Å². The van der Waals surface area contributed by atoms with Crippen molar-refractivity contribution in [2.75, 3.05) is 12.2 Å². The highest BCUT2D eigenvalue weighted by Crippen LogP contribution is 2.35. The average molecular weight is 211 g/mol. The molecule has 1 aliphatic rings. The summed E-state index contributed by atoms with van der Waals surface area (Å²) in [6.45, 7) is 0. The van der Waals surface area contributed by atoms with Crippen LogP contribution in [0.3, 0.4) is 0 Å². The molecule has 6 nitrogen and oxygen atoms in total. The lowest BCUT2D eigenvalue weighted by Gasteiger charge is -2.28. The fourth-order valence-corrected chi connectivity index (χ4v) is 1.31. The number of hydrogen-bond donors (Lipinski definition) is 2. The number of carbonyl (C=O) groups excluding carboxylic acids is 1. The Bertz CT molecular complexity index is 405. The Morgan fingerprint density at radius 1 is 1.53 bits per heavy atom. The normalized spacial score (nSPS) is 19.7. The minimum Gasteiger partial charge on any atom is -0.508 e. The highest BCUT2D eigenvalue weighted by atomic mass is 16.7. The number of aromatic hydroxyl groups is 1. The van der Waals surface area contributed by atoms with E-state index >= 15 is 0 Å². The molecule has 0 fully saturated rings. The first-order valence-corrected chi connectivity index (χ1v) is 4.19. The van der Waals surface area contributed by atoms with E-state index in [2.05, 4.69) is 0 Å². The summed E-state index contributed by atoms with van der Waals surface area (Å²) in [5, 5.41) is 19.1. The zero-order valence-electron chi connectivity index (χ0n) is 7.88. The van der Waals surface area contributed by atoms with Gasteiger partial charge >= 0.3 is 5.91 Å². The third kappa shape index (κ3) is 1.49. The van der Waals surface area contributed by atoms with Crippen LogP contribution < -0.4 is 9.80 Å². The van der Waals surface area contributed by atoms with Crippen molar-refractivity contribution in [3.8, 4) is 11.5 Å². The maximum absolute atomic E-state index is 11.4. The maximum Gasteiger partial charge on any atom is 0.320 e. The number of carbonyl (C=O) groups is 1. The molecule has 1 unspecified atom stereocenters. The highest BCUT2D eigenvalue weighted by molar-refractivity contribution is 5.97. The molecule has 15 heavy (non-hydrogen) atoms. The number of hydroxylamine groups is 1. The summed E-state index contributed by atoms with van der Waals surface area (Å²) >= 11 is 0. The van der Waals surface area contributed by atoms with E-state index < -0.39 is 12.2 Å². The van der Waals surface area contributed by atoms with Crippen molar-refractivity contribution in [1.82, 2.24) is 0 Å². The lowest BCUT2D eigenvalue weighted by molar-refractivity contribution is -0.153. The van der Waals surface area contributed by atoms with Crippen LogP contribution in [0, 0.1) is 0 Å². The van der Waals surface area contributed by atoms with Crippen LogP contribution in [0.2, 0.25) is 0 Å². The lowest BCUT2D eigenvalue weighted by atomic mass is 10.2. The molecule has 6 heteroatoms. The minimum atomic E-state index is -1.19. The van der Waals surface area contributed by atoms with Gasteiger partial charge < -0.3 is 14.6 Å². The fourth-order valence-electron chi connectivity index (χ4n) is 1.31. The van der Waals surface area contributed by atoms with E-state index in [1.54, 1.807) is 0 Å². The number of fused-ring (bicyclic) bond motifs is 1. The van der Waals surface area contributed by atoms with E-state index in [0.717, 1.165) is 0 Å². The van der Waals surface area contributed by atoms with E-state index in [-0.39, 0.29) is 17.2 Å². The summed E-state index contributed by atoms with van der Waals surface area (Å²) in [5.41, 5.74) is 0.172. The molecule has 1 atom stereocenters. The molecule has 80 valence electrons. The van der Waals surface area contributed by atoms with E-state index in [1.165, 1.54) is 25.3 Å². The van der Waals surface area contributed by atoms with Crippen molar-refractivity contribution in [2.45, 2.75) is 6.29 Å². The molecular weight excluding hydrogens is 202 g/mol. The summed E-state index contributed by atoms with van der Waals surface area (Å²) in [6.07, 6.45) is -1.19. The maximum atomic E-state index is 11.4. The van der Waals surface area contributed by atoms with E-state index in [0.29, 0.717) is 5.06 Å². The molecule has 2 rings (SSSR count). The van der Waals surface area contributed by atoms with Crippen LogP contribution in [0.25, 0.3) is 0 Å². The number of phenolic OH excluding ortho intramolecular Hbond substituents is 1. The third-order valence-corrected chi connectivity index (χ3v) is 2.03. The van der Waals surface area contributed by atoms with Gasteiger partial charge in [-0.2, -0.15) is 5.06 Å². The zero-order valence-corrected chi connectivity index (χ0v) is 7.88. The number of phenols is 1. The molecule has 0 saturated carbocycles. The second-order valence-electron chi connectivity index (χ2n) is 2.99. The number of benzene rings is 1. The van der Waals surface area contributed by atoms with Crippen LogP contribution in [0.4, 0.5) is 5.69 Å². The van der Waals surface area contributed by atoms with Crippen LogP contribution >= 0.6 is 0 Å². The number of nitrogens with zero attached hydrogens (tertiary/aromatic N) is 1. The van der Waals surface area contributed by atoms with Gasteiger partial charge in [-0.05, 0) is 12.1 Å². The molecule has 0 aromatic heterocycles. The molecule has 0 spiro atoms. The zero-order chi connectivity index (χ0) is 11.0. The number of methoxy groups -OCH3 is 1. The number of ether oxygens (including phenoxy) is 2. The molecule has 0 aliphatic carbocycles. The molecule has 0 saturated heterocycles. The number of amides is 1. The Hall–Kier alpha value is -1.79. The number of hydrogen-bond acceptors (Lipinski definition) is 5. The third-order valence-electron chi connectivity index (χ3n) is 2.03. The van der Waals surface area contributed by atoms with Crippen molar-refractivity contribution in [2.24, 2.45) is 0 Å². The van der Waals surface area contributed by atoms with Crippen molar-refractivity contribution in [3.63, 3.8) is 0 Å². The van der Waals surface area contributed by atoms with Gasteiger partial charge in [-0.1, -0.05) is 0 Å². The van der Waals surface area contributed by atoms with E-state index in [1.807, 2.05) is 0 Å². The molecule has 1 aliphatic heterocycles. The van der Waals surface area contributed by atoms with Gasteiger partial charge in [0.1, 0.15) is 11.4 Å². The fraction of sp³-hybridized carbons (Fsp3) is 0.222. The van der Waals surface area contributed by atoms with Gasteiger partial charge in [-0.25, -0.2) is 0 Å². The monoisotopic (exact) mass is 211 g/mol. The first-order chi connectivity index (χ1) is 7.13. The van der Waals surface area contributed by atoms with Crippen molar-refractivity contribution in [3.05, 3.63) is 18.2 Å². The molecular formula is C9H9NO5. The van der Waals surface area contributed by atoms with Gasteiger partial charge in [-0.3, -0.25) is 10.0 Å². The van der Waals surface area contributed by atoms with Crippen LogP contribution in [0.5, 0.6) is 11.5 Å². The van der Waals surface area contributed by atoms with E-state index in [4.69, 9.17) is 9.47 Å².